The first-order chi connectivity index (χ1) is 31.0. The van der Waals surface area contributed by atoms with Crippen LogP contribution in [0.5, 0.6) is 0 Å². The molecule has 0 aliphatic carbocycles. The molecule has 3 N–H and O–H groups in total. The van der Waals surface area contributed by atoms with E-state index >= 15 is 0 Å². The summed E-state index contributed by atoms with van der Waals surface area (Å²) < 4.78 is 59.9. The van der Waals surface area contributed by atoms with Crippen molar-refractivity contribution in [3.05, 3.63) is 29.3 Å². The lowest BCUT2D eigenvalue weighted by atomic mass is 10.0. The molecule has 1 fully saturated rings. The van der Waals surface area contributed by atoms with Gasteiger partial charge < -0.3 is 62.7 Å². The molecule has 21 nitrogen and oxygen atoms in total. The lowest BCUT2D eigenvalue weighted by molar-refractivity contribution is -0.156. The molecule has 5 amide bonds. The van der Waals surface area contributed by atoms with Gasteiger partial charge in [-0.05, 0) is 39.3 Å². The van der Waals surface area contributed by atoms with Gasteiger partial charge >= 0.3 is 5.97 Å². The Bertz CT molecular complexity index is 1560. The molecule has 0 saturated carbocycles. The number of carbonyl (C=O) groups is 6. The Morgan fingerprint density at radius 2 is 1.06 bits per heavy atom. The van der Waals surface area contributed by atoms with Crippen LogP contribution < -0.4 is 16.0 Å². The summed E-state index contributed by atoms with van der Waals surface area (Å²) in [5.74, 6) is -2.62. The van der Waals surface area contributed by atoms with Crippen molar-refractivity contribution >= 4 is 41.2 Å². The van der Waals surface area contributed by atoms with Crippen molar-refractivity contribution in [3.8, 4) is 0 Å². The lowest BCUT2D eigenvalue weighted by Gasteiger charge is -2.27. The highest BCUT2D eigenvalue weighted by molar-refractivity contribution is 6.25. The smallest absolute Gasteiger partial charge is 0.308 e. The van der Waals surface area contributed by atoms with Crippen LogP contribution in [0.15, 0.2) is 18.2 Å². The molecule has 1 aromatic carbocycles. The summed E-state index contributed by atoms with van der Waals surface area (Å²) in [5, 5.41) is 8.10. The standard InChI is InChI=1S/C43H68N4O17/c1-43(2,3)64-38(50)10-14-55-18-22-59-26-30-63-32-28-61-24-20-57-16-12-45-36(48)9-13-54-17-21-58-25-29-62-31-27-60-23-19-56-15-11-44-34-6-4-5-33-39(34)42(53)47(41(33)52)35-7-8-37(49)46-40(35)51/h4-6,35,44H,7-32H2,1-3H3,(H,45,48)(H,46,49,51). The van der Waals surface area contributed by atoms with E-state index in [1.165, 1.54) is 0 Å². The van der Waals surface area contributed by atoms with Crippen LogP contribution in [0.2, 0.25) is 0 Å². The largest absolute Gasteiger partial charge is 0.460 e. The monoisotopic (exact) mass is 912 g/mol. The van der Waals surface area contributed by atoms with Crippen molar-refractivity contribution in [2.24, 2.45) is 0 Å². The molecule has 64 heavy (non-hydrogen) atoms. The molecule has 0 bridgehead atoms. The highest BCUT2D eigenvalue weighted by Gasteiger charge is 2.45. The zero-order chi connectivity index (χ0) is 46.3. The molecule has 2 heterocycles. The second kappa shape index (κ2) is 32.5. The molecular weight excluding hydrogens is 844 g/mol. The van der Waals surface area contributed by atoms with Gasteiger partial charge in [-0.25, -0.2) is 0 Å². The third kappa shape index (κ3) is 23.2. The quantitative estimate of drug-likeness (QED) is 0.0474. The normalized spacial score (nSPS) is 15.1. The summed E-state index contributed by atoms with van der Waals surface area (Å²) in [6.45, 7) is 13.9. The van der Waals surface area contributed by atoms with Gasteiger partial charge in [0.25, 0.3) is 11.8 Å². The van der Waals surface area contributed by atoms with E-state index < -0.39 is 35.3 Å². The van der Waals surface area contributed by atoms with Crippen LogP contribution in [-0.2, 0) is 71.3 Å². The number of anilines is 1. The molecule has 362 valence electrons. The van der Waals surface area contributed by atoms with Crippen molar-refractivity contribution in [3.63, 3.8) is 0 Å². The SMILES string of the molecule is CC(C)(C)OC(=O)CCOCCOCCOCCOCCOCCNC(=O)CCOCCOCCOCCOCCOCCNc1cccc2c1C(=O)N(C1CCC(=O)NC1=O)C2=O. The van der Waals surface area contributed by atoms with Crippen LogP contribution in [0.25, 0.3) is 0 Å². The molecule has 2 aliphatic heterocycles. The molecule has 2 aliphatic rings. The van der Waals surface area contributed by atoms with Crippen molar-refractivity contribution < 1.29 is 80.9 Å². The number of rotatable bonds is 38. The van der Waals surface area contributed by atoms with Gasteiger partial charge in [-0.1, -0.05) is 6.07 Å². The number of imide groups is 2. The summed E-state index contributed by atoms with van der Waals surface area (Å²) in [5.41, 5.74) is 0.376. The minimum Gasteiger partial charge on any atom is -0.460 e. The fourth-order valence-corrected chi connectivity index (χ4v) is 5.95. The van der Waals surface area contributed by atoms with Crippen LogP contribution >= 0.6 is 0 Å². The third-order valence-electron chi connectivity index (χ3n) is 8.92. The predicted octanol–water partition coefficient (Wildman–Crippen LogP) is 0.904. The van der Waals surface area contributed by atoms with E-state index in [1.54, 1.807) is 18.2 Å². The topological polar surface area (TPSA) is 243 Å². The van der Waals surface area contributed by atoms with Gasteiger partial charge in [-0.15, -0.1) is 0 Å². The lowest BCUT2D eigenvalue weighted by Crippen LogP contribution is -2.54. The van der Waals surface area contributed by atoms with Gasteiger partial charge in [0.15, 0.2) is 0 Å². The maximum Gasteiger partial charge on any atom is 0.308 e. The van der Waals surface area contributed by atoms with Gasteiger partial charge in [0.2, 0.25) is 17.7 Å². The van der Waals surface area contributed by atoms with Crippen LogP contribution in [0.4, 0.5) is 5.69 Å². The second-order valence-corrected chi connectivity index (χ2v) is 15.2. The number of fused-ring (bicyclic) bond motifs is 1. The maximum atomic E-state index is 13.2. The summed E-state index contributed by atoms with van der Waals surface area (Å²) in [6.07, 6.45) is 0.593. The van der Waals surface area contributed by atoms with E-state index in [0.717, 1.165) is 4.90 Å². The molecular formula is C43H68N4O17. The average molecular weight is 913 g/mol. The van der Waals surface area contributed by atoms with Gasteiger partial charge in [-0.2, -0.15) is 0 Å². The number of esters is 1. The molecule has 1 atom stereocenters. The summed E-state index contributed by atoms with van der Waals surface area (Å²) in [4.78, 5) is 74.5. The molecule has 0 aromatic heterocycles. The molecule has 21 heteroatoms. The molecule has 1 unspecified atom stereocenters. The number of amides is 5. The van der Waals surface area contributed by atoms with E-state index in [4.69, 9.17) is 52.1 Å². The summed E-state index contributed by atoms with van der Waals surface area (Å²) in [7, 11) is 0. The van der Waals surface area contributed by atoms with E-state index in [-0.39, 0.29) is 55.3 Å². The molecule has 0 radical (unpaired) electrons. The zero-order valence-corrected chi connectivity index (χ0v) is 37.6. The van der Waals surface area contributed by atoms with E-state index in [0.29, 0.717) is 144 Å². The van der Waals surface area contributed by atoms with Gasteiger partial charge in [0.1, 0.15) is 11.6 Å². The predicted molar refractivity (Wildman–Crippen MR) is 228 cm³/mol. The van der Waals surface area contributed by atoms with Crippen LogP contribution in [0, 0.1) is 0 Å². The summed E-state index contributed by atoms with van der Waals surface area (Å²) >= 11 is 0. The first kappa shape index (κ1) is 54.2. The minimum absolute atomic E-state index is 0.0561. The van der Waals surface area contributed by atoms with E-state index in [9.17, 15) is 28.8 Å². The summed E-state index contributed by atoms with van der Waals surface area (Å²) in [6, 6.07) is 3.86. The Morgan fingerprint density at radius 1 is 0.609 bits per heavy atom. The molecule has 1 aromatic rings. The number of hydrogen-bond donors (Lipinski definition) is 3. The highest BCUT2D eigenvalue weighted by atomic mass is 16.6. The van der Waals surface area contributed by atoms with Crippen molar-refractivity contribution in [1.29, 1.82) is 0 Å². The fraction of sp³-hybridized carbons (Fsp3) is 0.721. The van der Waals surface area contributed by atoms with Crippen molar-refractivity contribution in [2.45, 2.75) is 58.1 Å². The third-order valence-corrected chi connectivity index (χ3v) is 8.92. The number of carbonyl (C=O) groups excluding carboxylic acids is 6. The Labute approximate surface area is 375 Å². The fourth-order valence-electron chi connectivity index (χ4n) is 5.95. The zero-order valence-electron chi connectivity index (χ0n) is 37.6. The van der Waals surface area contributed by atoms with E-state index in [1.807, 2.05) is 20.8 Å². The number of nitrogens with zero attached hydrogens (tertiary/aromatic N) is 1. The Hall–Kier alpha value is -4.16. The van der Waals surface area contributed by atoms with Gasteiger partial charge in [0, 0.05) is 31.6 Å². The first-order valence-corrected chi connectivity index (χ1v) is 21.8. The van der Waals surface area contributed by atoms with E-state index in [2.05, 4.69) is 16.0 Å². The first-order valence-electron chi connectivity index (χ1n) is 21.8. The molecule has 0 spiro atoms. The van der Waals surface area contributed by atoms with Gasteiger partial charge in [-0.3, -0.25) is 39.0 Å². The number of nitrogens with one attached hydrogen (secondary N) is 3. The van der Waals surface area contributed by atoms with Crippen LogP contribution in [-0.4, -0.2) is 197 Å². The Morgan fingerprint density at radius 3 is 1.55 bits per heavy atom. The molecule has 3 rings (SSSR count). The Balaban J connectivity index is 0.988. The number of benzene rings is 1. The average Bonchev–Trinajstić information content (AvgIpc) is 3.50. The Kier molecular flexibility index (Phi) is 27.5. The highest BCUT2D eigenvalue weighted by Crippen LogP contribution is 2.32. The minimum atomic E-state index is -1.02. The molecule has 1 saturated heterocycles. The van der Waals surface area contributed by atoms with Crippen molar-refractivity contribution in [2.75, 3.05) is 151 Å². The maximum absolute atomic E-state index is 13.2. The van der Waals surface area contributed by atoms with Crippen molar-refractivity contribution in [1.82, 2.24) is 15.5 Å². The number of hydrogen-bond acceptors (Lipinski definition) is 18. The second-order valence-electron chi connectivity index (χ2n) is 15.2. The van der Waals surface area contributed by atoms with Crippen LogP contribution in [0.1, 0.15) is 67.2 Å². The van der Waals surface area contributed by atoms with Crippen LogP contribution in [0.3, 0.4) is 0 Å². The number of ether oxygens (including phenoxy) is 11. The number of piperidine rings is 1. The van der Waals surface area contributed by atoms with Gasteiger partial charge in [0.05, 0.1) is 150 Å².